The molecule has 6 nitrogen and oxygen atoms in total. The fraction of sp³-hybridized carbons (Fsp3) is 0.391. The molecule has 0 bridgehead atoms. The van der Waals surface area contributed by atoms with Crippen LogP contribution < -0.4 is 10.6 Å². The Morgan fingerprint density at radius 1 is 1.00 bits per heavy atom. The average molecular weight is 393 g/mol. The Bertz CT molecular complexity index is 886. The van der Waals surface area contributed by atoms with Crippen molar-refractivity contribution in [2.24, 2.45) is 0 Å². The number of benzene rings is 2. The summed E-state index contributed by atoms with van der Waals surface area (Å²) in [5, 5.41) is 5.71. The quantitative estimate of drug-likeness (QED) is 0.821. The highest BCUT2D eigenvalue weighted by Crippen LogP contribution is 2.19. The third kappa shape index (κ3) is 5.15. The van der Waals surface area contributed by atoms with Gasteiger partial charge >= 0.3 is 6.03 Å². The second-order valence-corrected chi connectivity index (χ2v) is 7.95. The summed E-state index contributed by atoms with van der Waals surface area (Å²) in [5.74, 6) is 0.0202. The van der Waals surface area contributed by atoms with Gasteiger partial charge in [0.2, 0.25) is 0 Å². The van der Waals surface area contributed by atoms with Crippen LogP contribution in [0.4, 0.5) is 10.5 Å². The number of amides is 3. The number of aryl methyl sites for hydroxylation is 1. The van der Waals surface area contributed by atoms with E-state index in [0.717, 1.165) is 32.5 Å². The topological polar surface area (TPSA) is 64.7 Å². The maximum atomic E-state index is 12.9. The number of hydrogen-bond acceptors (Lipinski definition) is 3. The lowest BCUT2D eigenvalue weighted by molar-refractivity contribution is 0.0628. The van der Waals surface area contributed by atoms with Crippen molar-refractivity contribution in [1.29, 1.82) is 0 Å². The monoisotopic (exact) mass is 392 g/mol. The molecule has 6 heteroatoms. The van der Waals surface area contributed by atoms with Gasteiger partial charge in [-0.25, -0.2) is 4.79 Å². The Hall–Kier alpha value is -2.86. The molecule has 1 saturated carbocycles. The second kappa shape index (κ2) is 8.66. The number of anilines is 1. The Morgan fingerprint density at radius 2 is 1.76 bits per heavy atom. The third-order valence-electron chi connectivity index (χ3n) is 5.59. The number of carbonyl (C=O) groups is 2. The highest BCUT2D eigenvalue weighted by molar-refractivity contribution is 5.97. The Kier molecular flexibility index (Phi) is 5.81. The molecule has 0 radical (unpaired) electrons. The molecule has 0 atom stereocenters. The minimum Gasteiger partial charge on any atom is -0.336 e. The molecule has 4 rings (SSSR count). The first kappa shape index (κ1) is 19.5. The number of hydrogen-bond donors (Lipinski definition) is 2. The highest BCUT2D eigenvalue weighted by atomic mass is 16.2. The van der Waals surface area contributed by atoms with E-state index in [1.165, 1.54) is 11.1 Å². The minimum absolute atomic E-state index is 0.0202. The summed E-state index contributed by atoms with van der Waals surface area (Å²) in [6.45, 7) is 6.21. The first-order valence-electron chi connectivity index (χ1n) is 10.3. The highest BCUT2D eigenvalue weighted by Gasteiger charge is 2.24. The summed E-state index contributed by atoms with van der Waals surface area (Å²) < 4.78 is 0. The van der Waals surface area contributed by atoms with Crippen molar-refractivity contribution in [2.45, 2.75) is 32.4 Å². The van der Waals surface area contributed by atoms with Gasteiger partial charge in [-0.05, 0) is 49.1 Å². The normalized spacial score (nSPS) is 17.1. The van der Waals surface area contributed by atoms with Gasteiger partial charge in [0.15, 0.2) is 0 Å². The van der Waals surface area contributed by atoms with Crippen LogP contribution in [0, 0.1) is 6.92 Å². The first-order valence-corrected chi connectivity index (χ1v) is 10.3. The number of urea groups is 1. The molecule has 1 heterocycles. The van der Waals surface area contributed by atoms with Crippen molar-refractivity contribution in [2.75, 3.05) is 31.5 Å². The summed E-state index contributed by atoms with van der Waals surface area (Å²) in [6, 6.07) is 15.7. The molecule has 2 aromatic rings. The van der Waals surface area contributed by atoms with E-state index in [0.29, 0.717) is 30.4 Å². The maximum Gasteiger partial charge on any atom is 0.319 e. The Balaban J connectivity index is 1.31. The van der Waals surface area contributed by atoms with Crippen LogP contribution in [0.5, 0.6) is 0 Å². The average Bonchev–Trinajstić information content (AvgIpc) is 3.54. The molecule has 0 aromatic heterocycles. The van der Waals surface area contributed by atoms with Gasteiger partial charge in [0.25, 0.3) is 5.91 Å². The molecule has 2 aromatic carbocycles. The zero-order valence-electron chi connectivity index (χ0n) is 16.9. The molecule has 0 spiro atoms. The summed E-state index contributed by atoms with van der Waals surface area (Å²) >= 11 is 0. The van der Waals surface area contributed by atoms with Gasteiger partial charge in [-0.1, -0.05) is 30.3 Å². The SMILES string of the molecule is Cc1ccccc1CN1CCN(C(=O)c2cccc(NC(=O)NC3CC3)c2)CC1. The van der Waals surface area contributed by atoms with Crippen molar-refractivity contribution in [3.8, 4) is 0 Å². The predicted molar refractivity (Wildman–Crippen MR) is 114 cm³/mol. The van der Waals surface area contributed by atoms with Gasteiger partial charge in [-0.2, -0.15) is 0 Å². The van der Waals surface area contributed by atoms with E-state index in [1.807, 2.05) is 23.1 Å². The zero-order chi connectivity index (χ0) is 20.2. The van der Waals surface area contributed by atoms with Crippen LogP contribution in [0.15, 0.2) is 48.5 Å². The van der Waals surface area contributed by atoms with Crippen LogP contribution in [0.25, 0.3) is 0 Å². The molecule has 152 valence electrons. The predicted octanol–water partition coefficient (Wildman–Crippen LogP) is 3.24. The van der Waals surface area contributed by atoms with Crippen LogP contribution in [0.3, 0.4) is 0 Å². The van der Waals surface area contributed by atoms with Gasteiger partial charge in [-0.15, -0.1) is 0 Å². The Labute approximate surface area is 171 Å². The number of nitrogens with zero attached hydrogens (tertiary/aromatic N) is 2. The second-order valence-electron chi connectivity index (χ2n) is 7.95. The van der Waals surface area contributed by atoms with E-state index >= 15 is 0 Å². The summed E-state index contributed by atoms with van der Waals surface area (Å²) in [5.41, 5.74) is 3.91. The van der Waals surface area contributed by atoms with Gasteiger partial charge in [0, 0.05) is 50.0 Å². The lowest BCUT2D eigenvalue weighted by Crippen LogP contribution is -2.48. The largest absolute Gasteiger partial charge is 0.336 e. The molecule has 0 unspecified atom stereocenters. The van der Waals surface area contributed by atoms with Crippen molar-refractivity contribution < 1.29 is 9.59 Å². The van der Waals surface area contributed by atoms with E-state index in [-0.39, 0.29) is 11.9 Å². The number of nitrogens with one attached hydrogen (secondary N) is 2. The standard InChI is InChI=1S/C23H28N4O2/c1-17-5-2-3-6-19(17)16-26-11-13-27(14-12-26)22(28)18-7-4-8-21(15-18)25-23(29)24-20-9-10-20/h2-8,15,20H,9-14,16H2,1H3,(H2,24,25,29). The lowest BCUT2D eigenvalue weighted by Gasteiger charge is -2.35. The van der Waals surface area contributed by atoms with Gasteiger partial charge in [0.05, 0.1) is 0 Å². The molecule has 2 aliphatic rings. The van der Waals surface area contributed by atoms with E-state index in [1.54, 1.807) is 6.07 Å². The fourth-order valence-electron chi connectivity index (χ4n) is 3.63. The summed E-state index contributed by atoms with van der Waals surface area (Å²) in [4.78, 5) is 29.2. The molecule has 1 aliphatic heterocycles. The van der Waals surface area contributed by atoms with E-state index in [9.17, 15) is 9.59 Å². The van der Waals surface area contributed by atoms with Crippen molar-refractivity contribution in [1.82, 2.24) is 15.1 Å². The van der Waals surface area contributed by atoms with Crippen LogP contribution in [-0.4, -0.2) is 54.0 Å². The molecule has 1 aliphatic carbocycles. The molecule has 29 heavy (non-hydrogen) atoms. The summed E-state index contributed by atoms with van der Waals surface area (Å²) in [7, 11) is 0. The molecule has 3 amide bonds. The summed E-state index contributed by atoms with van der Waals surface area (Å²) in [6.07, 6.45) is 2.09. The number of rotatable bonds is 5. The first-order chi connectivity index (χ1) is 14.1. The molecule has 2 N–H and O–H groups in total. The molecule has 2 fully saturated rings. The van der Waals surface area contributed by atoms with Gasteiger partial charge in [0.1, 0.15) is 0 Å². The molecule has 1 saturated heterocycles. The smallest absolute Gasteiger partial charge is 0.319 e. The third-order valence-corrected chi connectivity index (χ3v) is 5.59. The van der Waals surface area contributed by atoms with Gasteiger partial charge in [-0.3, -0.25) is 9.69 Å². The zero-order valence-corrected chi connectivity index (χ0v) is 16.9. The van der Waals surface area contributed by atoms with Crippen LogP contribution in [0.1, 0.15) is 34.3 Å². The van der Waals surface area contributed by atoms with E-state index < -0.39 is 0 Å². The molecular weight excluding hydrogens is 364 g/mol. The fourth-order valence-corrected chi connectivity index (χ4v) is 3.63. The molecular formula is C23H28N4O2. The van der Waals surface area contributed by atoms with Gasteiger partial charge < -0.3 is 15.5 Å². The minimum atomic E-state index is -0.207. The van der Waals surface area contributed by atoms with Crippen LogP contribution >= 0.6 is 0 Å². The number of piperazine rings is 1. The van der Waals surface area contributed by atoms with Crippen LogP contribution in [0.2, 0.25) is 0 Å². The van der Waals surface area contributed by atoms with E-state index in [2.05, 4.69) is 46.7 Å². The van der Waals surface area contributed by atoms with Crippen LogP contribution in [-0.2, 0) is 6.54 Å². The van der Waals surface area contributed by atoms with Crippen molar-refractivity contribution in [3.05, 3.63) is 65.2 Å². The maximum absolute atomic E-state index is 12.9. The lowest BCUT2D eigenvalue weighted by atomic mass is 10.1. The van der Waals surface area contributed by atoms with E-state index in [4.69, 9.17) is 0 Å². The number of carbonyl (C=O) groups excluding carboxylic acids is 2. The van der Waals surface area contributed by atoms with Crippen molar-refractivity contribution >= 4 is 17.6 Å². The van der Waals surface area contributed by atoms with Crippen molar-refractivity contribution in [3.63, 3.8) is 0 Å². The Morgan fingerprint density at radius 3 is 2.48 bits per heavy atom.